The van der Waals surface area contributed by atoms with Gasteiger partial charge >= 0.3 is 0 Å². The highest BCUT2D eigenvalue weighted by molar-refractivity contribution is 6.10. The van der Waals surface area contributed by atoms with Crippen LogP contribution in [0.15, 0.2) is 152 Å². The number of hydrogen-bond donors (Lipinski definition) is 0. The fourth-order valence-corrected chi connectivity index (χ4v) is 10.2. The molecule has 5 heteroatoms. The van der Waals surface area contributed by atoms with Crippen molar-refractivity contribution < 1.29 is 4.74 Å². The van der Waals surface area contributed by atoms with Crippen LogP contribution >= 0.6 is 0 Å². The Bertz CT molecular complexity index is 3230. The molecule has 0 saturated heterocycles. The first kappa shape index (κ1) is 48.4. The molecule has 0 spiro atoms. The first-order valence-electron chi connectivity index (χ1n) is 25.4. The number of rotatable bonds is 10. The second-order valence-corrected chi connectivity index (χ2v) is 23.9. The minimum absolute atomic E-state index is 0.0120. The second kappa shape index (κ2) is 18.0. The maximum absolute atomic E-state index is 7.11. The molecule has 9 rings (SSSR count). The molecule has 0 fully saturated rings. The number of aromatic nitrogens is 2. The minimum Gasteiger partial charge on any atom is -0.457 e. The van der Waals surface area contributed by atoms with Gasteiger partial charge in [-0.25, -0.2) is 4.98 Å². The largest absolute Gasteiger partial charge is 0.457 e. The number of fused-ring (bicyclic) bond motifs is 3. The maximum Gasteiger partial charge on any atom is 0.137 e. The lowest BCUT2D eigenvalue weighted by atomic mass is 9.78. The first-order valence-corrected chi connectivity index (χ1v) is 25.4. The summed E-state index contributed by atoms with van der Waals surface area (Å²) in [4.78, 5) is 9.98. The molecule has 0 unspecified atom stereocenters. The molecule has 0 aliphatic carbocycles. The van der Waals surface area contributed by atoms with Gasteiger partial charge in [0, 0.05) is 57.7 Å². The van der Waals surface area contributed by atoms with Crippen LogP contribution < -0.4 is 14.5 Å². The highest BCUT2D eigenvalue weighted by Gasteiger charge is 2.32. The van der Waals surface area contributed by atoms with Gasteiger partial charge in [-0.15, -0.1) is 0 Å². The van der Waals surface area contributed by atoms with Crippen LogP contribution in [0.1, 0.15) is 160 Å². The summed E-state index contributed by atoms with van der Waals surface area (Å²) in [5.41, 5.74) is 15.7. The molecule has 360 valence electrons. The Labute approximate surface area is 418 Å². The second-order valence-electron chi connectivity index (χ2n) is 23.9. The van der Waals surface area contributed by atoms with Gasteiger partial charge < -0.3 is 14.5 Å². The smallest absolute Gasteiger partial charge is 0.137 e. The number of anilines is 2. The topological polar surface area (TPSA) is 33.5 Å². The van der Waals surface area contributed by atoms with Gasteiger partial charge in [0.1, 0.15) is 17.3 Å². The molecule has 0 saturated carbocycles. The molecule has 0 bridgehead atoms. The van der Waals surface area contributed by atoms with Crippen molar-refractivity contribution in [3.05, 3.63) is 196 Å². The molecule has 0 atom stereocenters. The lowest BCUT2D eigenvalue weighted by Crippen LogP contribution is -2.27. The number of hydrogen-bond acceptors (Lipinski definition) is 4. The highest BCUT2D eigenvalue weighted by atomic mass is 16.5. The molecule has 6 aromatic carbocycles. The van der Waals surface area contributed by atoms with Gasteiger partial charge in [-0.1, -0.05) is 171 Å². The van der Waals surface area contributed by atoms with Crippen molar-refractivity contribution in [2.45, 2.75) is 137 Å². The Morgan fingerprint density at radius 2 is 1.11 bits per heavy atom. The predicted molar refractivity (Wildman–Crippen MR) is 299 cm³/mol. The van der Waals surface area contributed by atoms with Crippen molar-refractivity contribution in [2.75, 3.05) is 16.5 Å². The van der Waals surface area contributed by atoms with Crippen LogP contribution in [0.3, 0.4) is 0 Å². The third kappa shape index (κ3) is 9.28. The number of pyridine rings is 1. The molecule has 8 aromatic rings. The Morgan fingerprint density at radius 3 is 1.77 bits per heavy atom. The van der Waals surface area contributed by atoms with Crippen molar-refractivity contribution in [2.24, 2.45) is 0 Å². The molecule has 2 aromatic heterocycles. The standard InChI is InChI=1S/C65H74N4O/c1-42(2)53-25-20-26-54(43(3)4)61(53)59-40-67(41-68(59)49-24-19-23-45(33-49)62(5,6)7)50-34-48(64(11,12)13)35-52(38-50)70-51-28-29-55-56-36-47(65(14,15)44-21-17-16-18-22-44)27-30-57(56)69(58(55)39-51)60-37-46(31-32-66-60)63(8,9)10/h16-40,42-43H,41H2,1-15H3. The Balaban J connectivity index is 1.19. The zero-order valence-electron chi connectivity index (χ0n) is 44.5. The van der Waals surface area contributed by atoms with Gasteiger partial charge in [0.2, 0.25) is 0 Å². The molecule has 3 heterocycles. The molecule has 1 aliphatic rings. The van der Waals surface area contributed by atoms with E-state index in [4.69, 9.17) is 9.72 Å². The average molecular weight is 927 g/mol. The first-order chi connectivity index (χ1) is 33.0. The lowest BCUT2D eigenvalue weighted by Gasteiger charge is -2.30. The third-order valence-corrected chi connectivity index (χ3v) is 14.6. The highest BCUT2D eigenvalue weighted by Crippen LogP contribution is 2.45. The Morgan fingerprint density at radius 1 is 0.486 bits per heavy atom. The SMILES string of the molecule is CC(C)c1cccc(C(C)C)c1C1=CN(c2cc(Oc3ccc4c5cc(C(C)(C)c6ccccc6)ccc5n(-c5cc(C(C)(C)C)ccn5)c4c3)cc(C(C)(C)C)c2)CN1c1cccc(C(C)(C)C)c1. The van der Waals surface area contributed by atoms with Crippen LogP contribution in [0, 0.1) is 0 Å². The summed E-state index contributed by atoms with van der Waals surface area (Å²) in [5.74, 6) is 3.18. The molecular weight excluding hydrogens is 853 g/mol. The van der Waals surface area contributed by atoms with Crippen molar-refractivity contribution in [1.82, 2.24) is 9.55 Å². The fraction of sp³-hybridized carbons (Fsp3) is 0.338. The zero-order chi connectivity index (χ0) is 50.1. The summed E-state index contributed by atoms with van der Waals surface area (Å²) >= 11 is 0. The zero-order valence-corrected chi connectivity index (χ0v) is 44.5. The van der Waals surface area contributed by atoms with Crippen molar-refractivity contribution >= 4 is 38.9 Å². The van der Waals surface area contributed by atoms with E-state index < -0.39 is 0 Å². The van der Waals surface area contributed by atoms with E-state index in [2.05, 4.69) is 264 Å². The number of ether oxygens (including phenoxy) is 1. The van der Waals surface area contributed by atoms with E-state index in [1.54, 1.807) is 0 Å². The van der Waals surface area contributed by atoms with Gasteiger partial charge in [0.15, 0.2) is 0 Å². The number of nitrogens with zero attached hydrogens (tertiary/aromatic N) is 4. The summed E-state index contributed by atoms with van der Waals surface area (Å²) < 4.78 is 9.43. The summed E-state index contributed by atoms with van der Waals surface area (Å²) in [6, 6.07) is 51.6. The maximum atomic E-state index is 7.11. The molecule has 5 nitrogen and oxygen atoms in total. The van der Waals surface area contributed by atoms with Crippen LogP contribution in [0.2, 0.25) is 0 Å². The summed E-state index contributed by atoms with van der Waals surface area (Å²) in [7, 11) is 0. The lowest BCUT2D eigenvalue weighted by molar-refractivity contribution is 0.479. The molecule has 70 heavy (non-hydrogen) atoms. The Hall–Kier alpha value is -6.59. The average Bonchev–Trinajstić information content (AvgIpc) is 3.90. The molecule has 0 amide bonds. The molecule has 0 radical (unpaired) electrons. The van der Waals surface area contributed by atoms with E-state index in [0.717, 1.165) is 39.4 Å². The quantitative estimate of drug-likeness (QED) is 0.137. The molecule has 0 N–H and O–H groups in total. The van der Waals surface area contributed by atoms with Crippen molar-refractivity contribution in [3.8, 4) is 17.3 Å². The van der Waals surface area contributed by atoms with E-state index in [1.807, 2.05) is 6.20 Å². The normalized spacial score (nSPS) is 13.9. The van der Waals surface area contributed by atoms with E-state index in [0.29, 0.717) is 18.5 Å². The van der Waals surface area contributed by atoms with Crippen LogP contribution in [0.25, 0.3) is 33.3 Å². The van der Waals surface area contributed by atoms with Gasteiger partial charge in [0.25, 0.3) is 0 Å². The van der Waals surface area contributed by atoms with E-state index in [-0.39, 0.29) is 21.7 Å². The minimum atomic E-state index is -0.194. The third-order valence-electron chi connectivity index (χ3n) is 14.6. The predicted octanol–water partition coefficient (Wildman–Crippen LogP) is 17.7. The Kier molecular flexibility index (Phi) is 12.4. The van der Waals surface area contributed by atoms with Gasteiger partial charge in [0.05, 0.1) is 23.4 Å². The van der Waals surface area contributed by atoms with E-state index in [1.165, 1.54) is 61.3 Å². The fourth-order valence-electron chi connectivity index (χ4n) is 10.2. The van der Waals surface area contributed by atoms with Crippen LogP contribution in [0.4, 0.5) is 11.4 Å². The van der Waals surface area contributed by atoms with E-state index >= 15 is 0 Å². The monoisotopic (exact) mass is 927 g/mol. The van der Waals surface area contributed by atoms with E-state index in [9.17, 15) is 0 Å². The number of benzene rings is 6. The van der Waals surface area contributed by atoms with Crippen LogP contribution in [0.5, 0.6) is 11.5 Å². The molecular formula is C65H74N4O. The van der Waals surface area contributed by atoms with Crippen molar-refractivity contribution in [3.63, 3.8) is 0 Å². The van der Waals surface area contributed by atoms with Crippen LogP contribution in [-0.4, -0.2) is 16.2 Å². The summed E-state index contributed by atoms with van der Waals surface area (Å²) in [5, 5.41) is 2.35. The molecule has 1 aliphatic heterocycles. The summed E-state index contributed by atoms with van der Waals surface area (Å²) in [6.45, 7) is 35.1. The van der Waals surface area contributed by atoms with Crippen LogP contribution in [-0.2, 0) is 21.7 Å². The van der Waals surface area contributed by atoms with Gasteiger partial charge in [-0.05, 0) is 128 Å². The van der Waals surface area contributed by atoms with Gasteiger partial charge in [-0.2, -0.15) is 0 Å². The summed E-state index contributed by atoms with van der Waals surface area (Å²) in [6.07, 6.45) is 4.34. The van der Waals surface area contributed by atoms with Crippen molar-refractivity contribution in [1.29, 1.82) is 0 Å². The van der Waals surface area contributed by atoms with Gasteiger partial charge in [-0.3, -0.25) is 4.57 Å².